The molecule has 84 valence electrons. The van der Waals surface area contributed by atoms with Gasteiger partial charge in [-0.1, -0.05) is 0 Å². The molecule has 0 aliphatic carbocycles. The van der Waals surface area contributed by atoms with E-state index in [1.807, 2.05) is 12.1 Å². The molecule has 2 heterocycles. The smallest absolute Gasteiger partial charge is 0.0561 e. The van der Waals surface area contributed by atoms with Crippen molar-refractivity contribution >= 4 is 39.0 Å². The van der Waals surface area contributed by atoms with E-state index in [1.165, 1.54) is 9.77 Å². The van der Waals surface area contributed by atoms with Crippen molar-refractivity contribution < 1.29 is 0 Å². The van der Waals surface area contributed by atoms with Crippen LogP contribution in [0.4, 0.5) is 0 Å². The summed E-state index contributed by atoms with van der Waals surface area (Å²) in [6, 6.07) is 6.16. The van der Waals surface area contributed by atoms with Crippen LogP contribution in [-0.2, 0) is 0 Å². The maximum atomic E-state index is 5.82. The number of hydrogen-bond acceptors (Lipinski definition) is 4. The highest BCUT2D eigenvalue weighted by molar-refractivity contribution is 9.10. The van der Waals surface area contributed by atoms with E-state index in [4.69, 9.17) is 5.73 Å². The minimum absolute atomic E-state index is 0.318. The summed E-state index contributed by atoms with van der Waals surface area (Å²) in [5, 5.41) is 2.41. The highest BCUT2D eigenvalue weighted by Gasteiger charge is 2.13. The molecule has 2 aromatic rings. The van der Waals surface area contributed by atoms with Crippen molar-refractivity contribution in [3.05, 3.63) is 45.3 Å². The Balaban J connectivity index is 2.12. The Morgan fingerprint density at radius 2 is 2.19 bits per heavy atom. The van der Waals surface area contributed by atoms with Crippen LogP contribution in [0.15, 0.2) is 45.3 Å². The molecule has 2 rings (SSSR count). The van der Waals surface area contributed by atoms with Crippen LogP contribution in [0, 0.1) is 0 Å². The van der Waals surface area contributed by atoms with Gasteiger partial charge in [-0.2, -0.15) is 0 Å². The number of pyridine rings is 1. The van der Waals surface area contributed by atoms with Gasteiger partial charge in [-0.05, 0) is 34.1 Å². The molecule has 0 amide bonds. The molecule has 0 aromatic carbocycles. The third-order valence-corrected chi connectivity index (χ3v) is 5.28. The van der Waals surface area contributed by atoms with Crippen LogP contribution < -0.4 is 5.73 Å². The summed E-state index contributed by atoms with van der Waals surface area (Å²) in [5.74, 6) is 0. The molecule has 0 radical (unpaired) electrons. The summed E-state index contributed by atoms with van der Waals surface area (Å²) in [6.07, 6.45) is 3.61. The molecule has 0 aliphatic heterocycles. The first-order chi connectivity index (χ1) is 7.79. The summed E-state index contributed by atoms with van der Waals surface area (Å²) in [6.45, 7) is 0.639. The molecule has 1 atom stereocenters. The molecule has 0 bridgehead atoms. The number of nitrogens with zero attached hydrogens (tertiary/aromatic N) is 1. The second-order valence-corrected chi connectivity index (χ2v) is 6.33. The molecule has 2 aromatic heterocycles. The van der Waals surface area contributed by atoms with Gasteiger partial charge in [-0.3, -0.25) is 4.98 Å². The summed E-state index contributed by atoms with van der Waals surface area (Å²) >= 11 is 6.98. The molecule has 2 nitrogen and oxygen atoms in total. The van der Waals surface area contributed by atoms with Crippen LogP contribution in [0.5, 0.6) is 0 Å². The van der Waals surface area contributed by atoms with Gasteiger partial charge in [0.25, 0.3) is 0 Å². The lowest BCUT2D eigenvalue weighted by atomic mass is 10.3. The summed E-state index contributed by atoms with van der Waals surface area (Å²) in [5.41, 5.74) is 5.82. The Hall–Kier alpha value is -0.360. The maximum absolute atomic E-state index is 5.82. The highest BCUT2D eigenvalue weighted by atomic mass is 79.9. The molecule has 0 aliphatic rings. The highest BCUT2D eigenvalue weighted by Crippen LogP contribution is 2.37. The quantitative estimate of drug-likeness (QED) is 0.875. The second-order valence-electron chi connectivity index (χ2n) is 3.19. The van der Waals surface area contributed by atoms with E-state index in [1.54, 1.807) is 35.5 Å². The summed E-state index contributed by atoms with van der Waals surface area (Å²) in [4.78, 5) is 6.51. The Kier molecular flexibility index (Phi) is 4.40. The molecule has 16 heavy (non-hydrogen) atoms. The average molecular weight is 315 g/mol. The van der Waals surface area contributed by atoms with Gasteiger partial charge >= 0.3 is 0 Å². The van der Waals surface area contributed by atoms with Crippen molar-refractivity contribution in [1.29, 1.82) is 0 Å². The maximum Gasteiger partial charge on any atom is 0.0561 e. The van der Waals surface area contributed by atoms with E-state index >= 15 is 0 Å². The Morgan fingerprint density at radius 3 is 2.75 bits per heavy atom. The van der Waals surface area contributed by atoms with Gasteiger partial charge in [0, 0.05) is 38.6 Å². The van der Waals surface area contributed by atoms with E-state index in [9.17, 15) is 0 Å². The number of thiophene rings is 1. The predicted octanol–water partition coefficient (Wildman–Crippen LogP) is 3.70. The minimum Gasteiger partial charge on any atom is -0.329 e. The second kappa shape index (κ2) is 5.82. The van der Waals surface area contributed by atoms with Crippen molar-refractivity contribution in [1.82, 2.24) is 4.98 Å². The first-order valence-corrected chi connectivity index (χ1v) is 7.35. The first-order valence-electron chi connectivity index (χ1n) is 4.80. The molecule has 1 unspecified atom stereocenters. The van der Waals surface area contributed by atoms with E-state index in [-0.39, 0.29) is 0 Å². The number of rotatable bonds is 4. The van der Waals surface area contributed by atoms with E-state index in [0.29, 0.717) is 11.8 Å². The zero-order chi connectivity index (χ0) is 11.4. The Bertz CT molecular complexity index is 444. The lowest BCUT2D eigenvalue weighted by Gasteiger charge is -2.11. The van der Waals surface area contributed by atoms with E-state index in [2.05, 4.69) is 32.4 Å². The van der Waals surface area contributed by atoms with Gasteiger partial charge in [0.15, 0.2) is 0 Å². The van der Waals surface area contributed by atoms with E-state index < -0.39 is 0 Å². The van der Waals surface area contributed by atoms with Crippen LogP contribution >= 0.6 is 39.0 Å². The molecule has 2 N–H and O–H groups in total. The monoisotopic (exact) mass is 314 g/mol. The fourth-order valence-electron chi connectivity index (χ4n) is 1.30. The van der Waals surface area contributed by atoms with Gasteiger partial charge < -0.3 is 5.73 Å². The topological polar surface area (TPSA) is 38.9 Å². The van der Waals surface area contributed by atoms with Crippen molar-refractivity contribution in [3.63, 3.8) is 0 Å². The van der Waals surface area contributed by atoms with Crippen LogP contribution in [0.1, 0.15) is 10.1 Å². The van der Waals surface area contributed by atoms with Crippen LogP contribution in [0.3, 0.4) is 0 Å². The Labute approximate surface area is 111 Å². The zero-order valence-electron chi connectivity index (χ0n) is 8.47. The van der Waals surface area contributed by atoms with Crippen molar-refractivity contribution in [2.45, 2.75) is 10.1 Å². The predicted molar refractivity (Wildman–Crippen MR) is 73.9 cm³/mol. The number of halogens is 1. The molecule has 0 saturated carbocycles. The van der Waals surface area contributed by atoms with Gasteiger partial charge in [-0.15, -0.1) is 23.1 Å². The zero-order valence-corrected chi connectivity index (χ0v) is 11.7. The number of aromatic nitrogens is 1. The van der Waals surface area contributed by atoms with Crippen molar-refractivity contribution in [2.24, 2.45) is 5.73 Å². The SMILES string of the molecule is NCC(Sc1ccncc1)c1cc(Br)cs1. The van der Waals surface area contributed by atoms with Crippen LogP contribution in [-0.4, -0.2) is 11.5 Å². The van der Waals surface area contributed by atoms with Gasteiger partial charge in [-0.25, -0.2) is 0 Å². The molecular weight excluding hydrogens is 304 g/mol. The minimum atomic E-state index is 0.318. The van der Waals surface area contributed by atoms with Crippen LogP contribution in [0.25, 0.3) is 0 Å². The fraction of sp³-hybridized carbons (Fsp3) is 0.182. The third kappa shape index (κ3) is 3.07. The molecule has 0 spiro atoms. The number of nitrogens with two attached hydrogens (primary N) is 1. The lowest BCUT2D eigenvalue weighted by molar-refractivity contribution is 0.959. The Morgan fingerprint density at radius 1 is 1.44 bits per heavy atom. The summed E-state index contributed by atoms with van der Waals surface area (Å²) < 4.78 is 1.13. The first kappa shape index (κ1) is 12.1. The number of thioether (sulfide) groups is 1. The standard InChI is InChI=1S/C11H11BrN2S2/c12-8-5-10(15-7-8)11(6-13)16-9-1-3-14-4-2-9/h1-5,7,11H,6,13H2. The largest absolute Gasteiger partial charge is 0.329 e. The van der Waals surface area contributed by atoms with Gasteiger partial charge in [0.05, 0.1) is 5.25 Å². The van der Waals surface area contributed by atoms with E-state index in [0.717, 1.165) is 4.47 Å². The average Bonchev–Trinajstić information content (AvgIpc) is 2.74. The van der Waals surface area contributed by atoms with Crippen LogP contribution in [0.2, 0.25) is 0 Å². The van der Waals surface area contributed by atoms with Crippen molar-refractivity contribution in [3.8, 4) is 0 Å². The number of hydrogen-bond donors (Lipinski definition) is 1. The molecule has 0 fully saturated rings. The van der Waals surface area contributed by atoms with Crippen molar-refractivity contribution in [2.75, 3.05) is 6.54 Å². The van der Waals surface area contributed by atoms with Gasteiger partial charge in [0.1, 0.15) is 0 Å². The molecule has 0 saturated heterocycles. The lowest BCUT2D eigenvalue weighted by Crippen LogP contribution is -2.07. The molecular formula is C11H11BrN2S2. The fourth-order valence-corrected chi connectivity index (χ4v) is 3.94. The normalized spacial score (nSPS) is 12.6. The molecule has 5 heteroatoms. The summed E-state index contributed by atoms with van der Waals surface area (Å²) in [7, 11) is 0. The van der Waals surface area contributed by atoms with Gasteiger partial charge in [0.2, 0.25) is 0 Å². The third-order valence-electron chi connectivity index (χ3n) is 2.05.